The fraction of sp³-hybridized carbons (Fsp3) is 0.300. The summed E-state index contributed by atoms with van der Waals surface area (Å²) in [5, 5.41) is 9.08. The van der Waals surface area contributed by atoms with Crippen LogP contribution in [0.25, 0.3) is 11.1 Å². The van der Waals surface area contributed by atoms with Crippen LogP contribution in [0.2, 0.25) is 0 Å². The van der Waals surface area contributed by atoms with Crippen LogP contribution in [0.5, 0.6) is 0 Å². The van der Waals surface area contributed by atoms with E-state index < -0.39 is 18.0 Å². The van der Waals surface area contributed by atoms with Crippen molar-refractivity contribution in [3.8, 4) is 11.1 Å². The molecule has 3 aliphatic rings. The summed E-state index contributed by atoms with van der Waals surface area (Å²) in [5.41, 5.74) is 4.73. The van der Waals surface area contributed by atoms with E-state index in [9.17, 15) is 9.59 Å². The van der Waals surface area contributed by atoms with Crippen molar-refractivity contribution in [2.75, 3.05) is 13.2 Å². The lowest BCUT2D eigenvalue weighted by atomic mass is 9.98. The average Bonchev–Trinajstić information content (AvgIpc) is 3.06. The number of fused-ring (bicyclic) bond motifs is 4. The van der Waals surface area contributed by atoms with E-state index in [4.69, 9.17) is 9.84 Å². The molecular formula is C20H17NO4. The van der Waals surface area contributed by atoms with Gasteiger partial charge in [0.05, 0.1) is 12.0 Å². The molecule has 1 saturated heterocycles. The van der Waals surface area contributed by atoms with Crippen LogP contribution in [-0.2, 0) is 9.53 Å². The Hall–Kier alpha value is -2.82. The van der Waals surface area contributed by atoms with Gasteiger partial charge in [-0.3, -0.25) is 4.79 Å². The third-order valence-electron chi connectivity index (χ3n) is 5.75. The number of aliphatic carboxylic acids is 1. The summed E-state index contributed by atoms with van der Waals surface area (Å²) in [6.45, 7) is 0.775. The van der Waals surface area contributed by atoms with Crippen LogP contribution >= 0.6 is 0 Å². The van der Waals surface area contributed by atoms with Gasteiger partial charge in [0.1, 0.15) is 6.61 Å². The van der Waals surface area contributed by atoms with Gasteiger partial charge >= 0.3 is 12.1 Å². The van der Waals surface area contributed by atoms with Crippen molar-refractivity contribution in [2.45, 2.75) is 12.0 Å². The number of carbonyl (C=O) groups is 2. The number of hydrogen-bond acceptors (Lipinski definition) is 3. The monoisotopic (exact) mass is 335 g/mol. The molecule has 1 amide bonds. The Morgan fingerprint density at radius 2 is 1.64 bits per heavy atom. The molecule has 3 atom stereocenters. The van der Waals surface area contributed by atoms with Crippen LogP contribution in [-0.4, -0.2) is 41.3 Å². The molecule has 25 heavy (non-hydrogen) atoms. The lowest BCUT2D eigenvalue weighted by molar-refractivity contribution is -0.138. The average molecular weight is 335 g/mol. The van der Waals surface area contributed by atoms with Gasteiger partial charge in [-0.25, -0.2) is 4.79 Å². The van der Waals surface area contributed by atoms with Crippen LogP contribution in [0, 0.1) is 11.8 Å². The molecule has 5 heteroatoms. The topological polar surface area (TPSA) is 66.8 Å². The van der Waals surface area contributed by atoms with Gasteiger partial charge in [-0.15, -0.1) is 0 Å². The van der Waals surface area contributed by atoms with E-state index in [2.05, 4.69) is 24.3 Å². The SMILES string of the molecule is O=C(O)[C@@H]1[C@H]2CN(C(=O)OCC3c4ccccc4-c4ccccc43)[C@H]21. The summed E-state index contributed by atoms with van der Waals surface area (Å²) in [6.07, 6.45) is -0.396. The van der Waals surface area contributed by atoms with Gasteiger partial charge in [0.25, 0.3) is 0 Å². The fourth-order valence-corrected chi connectivity index (χ4v) is 4.42. The number of carboxylic acids is 1. The highest BCUT2D eigenvalue weighted by Gasteiger charge is 2.68. The Morgan fingerprint density at radius 1 is 1.04 bits per heavy atom. The second-order valence-corrected chi connectivity index (χ2v) is 6.97. The molecule has 5 nitrogen and oxygen atoms in total. The summed E-state index contributed by atoms with van der Waals surface area (Å²) in [5.74, 6) is -1.06. The summed E-state index contributed by atoms with van der Waals surface area (Å²) < 4.78 is 5.56. The summed E-state index contributed by atoms with van der Waals surface area (Å²) in [6, 6.07) is 16.2. The quantitative estimate of drug-likeness (QED) is 0.936. The first-order valence-corrected chi connectivity index (χ1v) is 8.51. The largest absolute Gasteiger partial charge is 0.481 e. The van der Waals surface area contributed by atoms with E-state index in [1.165, 1.54) is 22.3 Å². The second-order valence-electron chi connectivity index (χ2n) is 6.97. The first-order chi connectivity index (χ1) is 12.2. The Kier molecular flexibility index (Phi) is 2.95. The zero-order valence-electron chi connectivity index (χ0n) is 13.5. The molecule has 1 saturated carbocycles. The highest BCUT2D eigenvalue weighted by molar-refractivity contribution is 5.81. The predicted molar refractivity (Wildman–Crippen MR) is 90.2 cm³/mol. The number of amides is 1. The summed E-state index contributed by atoms with van der Waals surface area (Å²) >= 11 is 0. The minimum atomic E-state index is -0.816. The Balaban J connectivity index is 1.32. The van der Waals surface area contributed by atoms with Crippen LogP contribution in [0.4, 0.5) is 4.79 Å². The molecule has 2 fully saturated rings. The maximum absolute atomic E-state index is 12.3. The van der Waals surface area contributed by atoms with Crippen molar-refractivity contribution >= 4 is 12.1 Å². The number of nitrogens with zero attached hydrogens (tertiary/aromatic N) is 1. The molecule has 2 aromatic carbocycles. The molecule has 2 aromatic rings. The highest BCUT2D eigenvalue weighted by atomic mass is 16.6. The molecule has 0 spiro atoms. The molecule has 1 aliphatic heterocycles. The van der Waals surface area contributed by atoms with E-state index >= 15 is 0 Å². The zero-order valence-corrected chi connectivity index (χ0v) is 13.5. The number of carbonyl (C=O) groups excluding carboxylic acids is 1. The first-order valence-electron chi connectivity index (χ1n) is 8.51. The molecule has 126 valence electrons. The Morgan fingerprint density at radius 3 is 2.20 bits per heavy atom. The second kappa shape index (κ2) is 5.09. The molecule has 0 bridgehead atoms. The number of benzene rings is 2. The molecule has 1 N–H and O–H groups in total. The first kappa shape index (κ1) is 14.5. The van der Waals surface area contributed by atoms with Crippen molar-refractivity contribution < 1.29 is 19.4 Å². The van der Waals surface area contributed by atoms with Gasteiger partial charge in [-0.2, -0.15) is 0 Å². The normalized spacial score (nSPS) is 25.4. The summed E-state index contributed by atoms with van der Waals surface area (Å²) in [7, 11) is 0. The van der Waals surface area contributed by atoms with Crippen molar-refractivity contribution in [3.05, 3.63) is 59.7 Å². The Labute approximate surface area is 144 Å². The standard InChI is InChI=1S/C20H17NO4/c22-19(23)17-15-9-21(18(15)17)20(24)25-10-16-13-7-3-1-5-11(13)12-6-2-4-8-14(12)16/h1-8,15-18H,9-10H2,(H,22,23)/t15-,17-,18-/m1/s1. The van der Waals surface area contributed by atoms with Crippen LogP contribution < -0.4 is 0 Å². The van der Waals surface area contributed by atoms with Crippen molar-refractivity contribution in [1.82, 2.24) is 4.90 Å². The van der Waals surface area contributed by atoms with Crippen molar-refractivity contribution in [2.24, 2.45) is 11.8 Å². The third-order valence-corrected chi connectivity index (χ3v) is 5.75. The molecule has 2 aliphatic carbocycles. The van der Waals surface area contributed by atoms with Gasteiger partial charge in [-0.05, 0) is 22.3 Å². The van der Waals surface area contributed by atoms with Gasteiger partial charge in [0.2, 0.25) is 0 Å². The van der Waals surface area contributed by atoms with E-state index in [1.807, 2.05) is 24.3 Å². The summed E-state index contributed by atoms with van der Waals surface area (Å²) in [4.78, 5) is 24.9. The van der Waals surface area contributed by atoms with E-state index in [0.29, 0.717) is 6.54 Å². The van der Waals surface area contributed by atoms with E-state index in [-0.39, 0.29) is 24.5 Å². The smallest absolute Gasteiger partial charge is 0.410 e. The third kappa shape index (κ3) is 2.02. The van der Waals surface area contributed by atoms with Crippen LogP contribution in [0.1, 0.15) is 17.0 Å². The van der Waals surface area contributed by atoms with Crippen LogP contribution in [0.15, 0.2) is 48.5 Å². The zero-order chi connectivity index (χ0) is 17.1. The van der Waals surface area contributed by atoms with Gasteiger partial charge < -0.3 is 14.7 Å². The minimum Gasteiger partial charge on any atom is -0.481 e. The highest BCUT2D eigenvalue weighted by Crippen LogP contribution is 2.53. The number of ether oxygens (including phenoxy) is 1. The van der Waals surface area contributed by atoms with Crippen LogP contribution in [0.3, 0.4) is 0 Å². The van der Waals surface area contributed by atoms with Crippen molar-refractivity contribution in [1.29, 1.82) is 0 Å². The van der Waals surface area contributed by atoms with Gasteiger partial charge in [-0.1, -0.05) is 48.5 Å². The van der Waals surface area contributed by atoms with Gasteiger partial charge in [0, 0.05) is 18.4 Å². The fourth-order valence-electron chi connectivity index (χ4n) is 4.42. The number of hydrogen-bond donors (Lipinski definition) is 1. The molecule has 1 heterocycles. The minimum absolute atomic E-state index is 0.0305. The maximum atomic E-state index is 12.3. The molecule has 5 rings (SSSR count). The Bertz CT molecular complexity index is 847. The molecular weight excluding hydrogens is 318 g/mol. The lowest BCUT2D eigenvalue weighted by Crippen LogP contribution is -2.44. The molecule has 0 unspecified atom stereocenters. The number of rotatable bonds is 3. The van der Waals surface area contributed by atoms with Crippen molar-refractivity contribution in [3.63, 3.8) is 0 Å². The van der Waals surface area contributed by atoms with E-state index in [1.54, 1.807) is 4.90 Å². The maximum Gasteiger partial charge on any atom is 0.410 e. The number of likely N-dealkylation sites (tertiary alicyclic amines) is 1. The lowest BCUT2D eigenvalue weighted by Gasteiger charge is -2.29. The molecule has 0 radical (unpaired) electrons. The van der Waals surface area contributed by atoms with E-state index in [0.717, 1.165) is 0 Å². The van der Waals surface area contributed by atoms with Gasteiger partial charge in [0.15, 0.2) is 0 Å². The molecule has 0 aromatic heterocycles. The number of carboxylic acid groups (broad SMARTS) is 1. The predicted octanol–water partition coefficient (Wildman–Crippen LogP) is 2.95.